The first-order valence-corrected chi connectivity index (χ1v) is 8.61. The van der Waals surface area contributed by atoms with Gasteiger partial charge in [-0.05, 0) is 31.2 Å². The van der Waals surface area contributed by atoms with E-state index in [4.69, 9.17) is 4.74 Å². The minimum atomic E-state index is -0.186. The molecule has 0 bridgehead atoms. The van der Waals surface area contributed by atoms with Gasteiger partial charge in [-0.3, -0.25) is 9.78 Å². The molecular weight excluding hydrogens is 336 g/mol. The molecular formula is C18H14N4O2S. The Morgan fingerprint density at radius 2 is 2.12 bits per heavy atom. The number of pyridine rings is 1. The van der Waals surface area contributed by atoms with Crippen molar-refractivity contribution in [2.45, 2.75) is 6.92 Å². The van der Waals surface area contributed by atoms with Gasteiger partial charge in [0.2, 0.25) is 4.96 Å². The molecule has 0 aliphatic carbocycles. The molecule has 0 N–H and O–H groups in total. The fourth-order valence-electron chi connectivity index (χ4n) is 2.48. The predicted octanol–water partition coefficient (Wildman–Crippen LogP) is 2.16. The molecule has 0 unspecified atom stereocenters. The Labute approximate surface area is 147 Å². The second-order valence-electron chi connectivity index (χ2n) is 5.26. The third-order valence-electron chi connectivity index (χ3n) is 3.61. The zero-order chi connectivity index (χ0) is 17.2. The van der Waals surface area contributed by atoms with Crippen molar-refractivity contribution >= 4 is 22.4 Å². The first-order valence-electron chi connectivity index (χ1n) is 7.80. The molecule has 0 saturated heterocycles. The molecule has 6 nitrogen and oxygen atoms in total. The Bertz CT molecular complexity index is 1140. The summed E-state index contributed by atoms with van der Waals surface area (Å²) in [7, 11) is 0. The fourth-order valence-corrected chi connectivity index (χ4v) is 3.38. The summed E-state index contributed by atoms with van der Waals surface area (Å²) in [5.74, 6) is 1.25. The summed E-state index contributed by atoms with van der Waals surface area (Å²) < 4.78 is 7.51. The maximum atomic E-state index is 12.6. The lowest BCUT2D eigenvalue weighted by Gasteiger charge is -2.05. The van der Waals surface area contributed by atoms with Crippen LogP contribution in [0.5, 0.6) is 5.75 Å². The molecule has 0 atom stereocenters. The monoisotopic (exact) mass is 350 g/mol. The number of hydrogen-bond donors (Lipinski definition) is 0. The lowest BCUT2D eigenvalue weighted by molar-refractivity contribution is 0.339. The Kier molecular flexibility index (Phi) is 3.99. The van der Waals surface area contributed by atoms with Crippen molar-refractivity contribution in [3.05, 3.63) is 69.2 Å². The van der Waals surface area contributed by atoms with Gasteiger partial charge in [0.05, 0.1) is 11.1 Å². The van der Waals surface area contributed by atoms with Gasteiger partial charge in [0.25, 0.3) is 5.56 Å². The van der Waals surface area contributed by atoms with E-state index in [-0.39, 0.29) is 5.56 Å². The molecule has 0 saturated carbocycles. The van der Waals surface area contributed by atoms with Crippen LogP contribution in [0.25, 0.3) is 22.4 Å². The maximum Gasteiger partial charge on any atom is 0.291 e. The highest BCUT2D eigenvalue weighted by Crippen LogP contribution is 2.19. The fraction of sp³-hybridized carbons (Fsp3) is 0.111. The highest BCUT2D eigenvalue weighted by Gasteiger charge is 2.12. The van der Waals surface area contributed by atoms with Crippen LogP contribution in [0.3, 0.4) is 0 Å². The van der Waals surface area contributed by atoms with E-state index in [0.29, 0.717) is 21.9 Å². The molecule has 3 heterocycles. The van der Waals surface area contributed by atoms with Crippen molar-refractivity contribution in [1.82, 2.24) is 19.6 Å². The summed E-state index contributed by atoms with van der Waals surface area (Å²) in [5.41, 5.74) is 1.46. The number of ether oxygens (including phenoxy) is 1. The Morgan fingerprint density at radius 3 is 2.88 bits per heavy atom. The van der Waals surface area contributed by atoms with Crippen molar-refractivity contribution in [2.75, 3.05) is 6.61 Å². The summed E-state index contributed by atoms with van der Waals surface area (Å²) in [6.45, 7) is 2.50. The second-order valence-corrected chi connectivity index (χ2v) is 6.27. The average Bonchev–Trinajstić information content (AvgIpc) is 3.18. The Balaban J connectivity index is 1.81. The highest BCUT2D eigenvalue weighted by molar-refractivity contribution is 7.15. The highest BCUT2D eigenvalue weighted by atomic mass is 32.1. The molecule has 7 heteroatoms. The molecule has 0 aliphatic heterocycles. The SMILES string of the molecule is CCOc1ccccc1/C=c1\sc2nc(-c3cccnc3)nn2c1=O. The zero-order valence-electron chi connectivity index (χ0n) is 13.4. The third-order valence-corrected chi connectivity index (χ3v) is 4.57. The van der Waals surface area contributed by atoms with Crippen molar-refractivity contribution in [1.29, 1.82) is 0 Å². The van der Waals surface area contributed by atoms with E-state index >= 15 is 0 Å². The van der Waals surface area contributed by atoms with Gasteiger partial charge < -0.3 is 4.74 Å². The largest absolute Gasteiger partial charge is 0.493 e. The predicted molar refractivity (Wildman–Crippen MR) is 96.8 cm³/mol. The van der Waals surface area contributed by atoms with Crippen LogP contribution < -0.4 is 14.8 Å². The molecule has 25 heavy (non-hydrogen) atoms. The van der Waals surface area contributed by atoms with Crippen LogP contribution in [0.4, 0.5) is 0 Å². The van der Waals surface area contributed by atoms with Crippen LogP contribution in [0, 0.1) is 0 Å². The molecule has 4 aromatic rings. The van der Waals surface area contributed by atoms with Gasteiger partial charge in [-0.25, -0.2) is 0 Å². The molecule has 0 aliphatic rings. The normalized spacial score (nSPS) is 12.0. The minimum absolute atomic E-state index is 0.186. The molecule has 0 radical (unpaired) electrons. The average molecular weight is 350 g/mol. The zero-order valence-corrected chi connectivity index (χ0v) is 14.2. The van der Waals surface area contributed by atoms with E-state index < -0.39 is 0 Å². The van der Waals surface area contributed by atoms with Crippen LogP contribution in [-0.2, 0) is 0 Å². The second kappa shape index (κ2) is 6.45. The van der Waals surface area contributed by atoms with E-state index in [0.717, 1.165) is 16.9 Å². The van der Waals surface area contributed by atoms with Crippen LogP contribution in [0.15, 0.2) is 53.6 Å². The van der Waals surface area contributed by atoms with Crippen molar-refractivity contribution in [3.63, 3.8) is 0 Å². The number of nitrogens with zero attached hydrogens (tertiary/aromatic N) is 4. The smallest absolute Gasteiger partial charge is 0.291 e. The summed E-state index contributed by atoms with van der Waals surface area (Å²) >= 11 is 1.31. The van der Waals surface area contributed by atoms with Gasteiger partial charge in [0.1, 0.15) is 5.75 Å². The van der Waals surface area contributed by atoms with E-state index in [1.165, 1.54) is 15.9 Å². The van der Waals surface area contributed by atoms with Crippen molar-refractivity contribution < 1.29 is 4.74 Å². The van der Waals surface area contributed by atoms with Gasteiger partial charge in [-0.2, -0.15) is 9.50 Å². The standard InChI is InChI=1S/C18H14N4O2S/c1-2-24-14-8-4-3-6-12(14)10-15-17(23)22-18(25-15)20-16(21-22)13-7-5-9-19-11-13/h3-11H,2H2,1H3/b15-10-. The van der Waals surface area contributed by atoms with E-state index in [1.807, 2.05) is 49.4 Å². The van der Waals surface area contributed by atoms with Gasteiger partial charge in [-0.1, -0.05) is 29.5 Å². The van der Waals surface area contributed by atoms with E-state index in [1.54, 1.807) is 12.4 Å². The number of rotatable bonds is 4. The summed E-state index contributed by atoms with van der Waals surface area (Å²) in [4.78, 5) is 21.7. The number of para-hydroxylation sites is 1. The van der Waals surface area contributed by atoms with Crippen LogP contribution in [0.1, 0.15) is 12.5 Å². The third kappa shape index (κ3) is 2.89. The molecule has 4 rings (SSSR count). The van der Waals surface area contributed by atoms with Crippen LogP contribution in [0.2, 0.25) is 0 Å². The molecule has 3 aromatic heterocycles. The lowest BCUT2D eigenvalue weighted by atomic mass is 10.2. The first-order chi connectivity index (χ1) is 12.3. The quantitative estimate of drug-likeness (QED) is 0.564. The molecule has 0 spiro atoms. The van der Waals surface area contributed by atoms with Gasteiger partial charge in [0.15, 0.2) is 5.82 Å². The topological polar surface area (TPSA) is 69.4 Å². The van der Waals surface area contributed by atoms with Crippen LogP contribution in [-0.4, -0.2) is 26.2 Å². The minimum Gasteiger partial charge on any atom is -0.493 e. The van der Waals surface area contributed by atoms with Gasteiger partial charge in [-0.15, -0.1) is 5.10 Å². The van der Waals surface area contributed by atoms with Gasteiger partial charge in [0, 0.05) is 23.5 Å². The molecule has 1 aromatic carbocycles. The molecule has 0 amide bonds. The lowest BCUT2D eigenvalue weighted by Crippen LogP contribution is -2.23. The Hall–Kier alpha value is -3.06. The number of benzene rings is 1. The van der Waals surface area contributed by atoms with Crippen molar-refractivity contribution in [3.8, 4) is 17.1 Å². The molecule has 0 fully saturated rings. The van der Waals surface area contributed by atoms with E-state index in [2.05, 4.69) is 15.1 Å². The summed E-state index contributed by atoms with van der Waals surface area (Å²) in [6.07, 6.45) is 5.18. The first kappa shape index (κ1) is 15.5. The van der Waals surface area contributed by atoms with E-state index in [9.17, 15) is 4.79 Å². The number of hydrogen-bond acceptors (Lipinski definition) is 6. The van der Waals surface area contributed by atoms with Crippen molar-refractivity contribution in [2.24, 2.45) is 0 Å². The summed E-state index contributed by atoms with van der Waals surface area (Å²) in [5, 5.41) is 4.32. The number of thiazole rings is 1. The molecule has 124 valence electrons. The Morgan fingerprint density at radius 1 is 1.24 bits per heavy atom. The summed E-state index contributed by atoms with van der Waals surface area (Å²) in [6, 6.07) is 11.3. The van der Waals surface area contributed by atoms with Crippen LogP contribution >= 0.6 is 11.3 Å². The number of aromatic nitrogens is 4. The maximum absolute atomic E-state index is 12.6. The number of fused-ring (bicyclic) bond motifs is 1. The van der Waals surface area contributed by atoms with Gasteiger partial charge >= 0.3 is 0 Å².